The predicted molar refractivity (Wildman–Crippen MR) is 85.2 cm³/mol. The Balaban J connectivity index is 2.26. The Bertz CT molecular complexity index is 628. The van der Waals surface area contributed by atoms with Gasteiger partial charge in [-0.25, -0.2) is 0 Å². The minimum absolute atomic E-state index is 0.180. The fraction of sp³-hybridized carbons (Fsp3) is 0.200. The molecule has 4 nitrogen and oxygen atoms in total. The molecule has 0 aliphatic heterocycles. The average molecular weight is 334 g/mol. The quantitative estimate of drug-likeness (QED) is 0.893. The lowest BCUT2D eigenvalue weighted by Gasteiger charge is -2.12. The van der Waals surface area contributed by atoms with Crippen molar-refractivity contribution in [2.45, 2.75) is 13.8 Å². The molecule has 0 saturated carbocycles. The van der Waals surface area contributed by atoms with Gasteiger partial charge in [0.2, 0.25) is 0 Å². The lowest BCUT2D eigenvalue weighted by molar-refractivity contribution is 0.102. The van der Waals surface area contributed by atoms with Crippen LogP contribution in [0.2, 0.25) is 0 Å². The molecule has 104 valence electrons. The van der Waals surface area contributed by atoms with Gasteiger partial charge in [-0.1, -0.05) is 12.1 Å². The van der Waals surface area contributed by atoms with Gasteiger partial charge >= 0.3 is 0 Å². The Hall–Kier alpha value is -1.88. The average Bonchev–Trinajstić information content (AvgIpc) is 2.45. The molecule has 0 atom stereocenters. The highest BCUT2D eigenvalue weighted by molar-refractivity contribution is 9.10. The summed E-state index contributed by atoms with van der Waals surface area (Å²) >= 11 is 3.48. The smallest absolute Gasteiger partial charge is 0.259 e. The third-order valence-corrected chi connectivity index (χ3v) is 3.93. The van der Waals surface area contributed by atoms with E-state index in [2.05, 4.69) is 31.5 Å². The maximum Gasteiger partial charge on any atom is 0.259 e. The summed E-state index contributed by atoms with van der Waals surface area (Å²) < 4.78 is 0.891. The van der Waals surface area contributed by atoms with Gasteiger partial charge < -0.3 is 10.6 Å². The zero-order chi connectivity index (χ0) is 14.5. The number of halogens is 1. The molecule has 0 radical (unpaired) electrons. The van der Waals surface area contributed by atoms with Crippen molar-refractivity contribution in [1.29, 1.82) is 0 Å². The van der Waals surface area contributed by atoms with Crippen LogP contribution in [-0.2, 0) is 0 Å². The van der Waals surface area contributed by atoms with Crippen molar-refractivity contribution in [3.8, 4) is 0 Å². The molecular formula is C15H16BrN3O. The number of amides is 1. The number of hydrogen-bond acceptors (Lipinski definition) is 3. The van der Waals surface area contributed by atoms with Crippen molar-refractivity contribution in [1.82, 2.24) is 4.98 Å². The highest BCUT2D eigenvalue weighted by Gasteiger charge is 2.13. The molecule has 0 spiro atoms. The van der Waals surface area contributed by atoms with Crippen LogP contribution < -0.4 is 10.6 Å². The summed E-state index contributed by atoms with van der Waals surface area (Å²) in [6.07, 6.45) is 3.23. The Labute approximate surface area is 126 Å². The first-order valence-corrected chi connectivity index (χ1v) is 7.17. The summed E-state index contributed by atoms with van der Waals surface area (Å²) in [5.41, 5.74) is 3.13. The minimum atomic E-state index is -0.180. The van der Waals surface area contributed by atoms with Crippen LogP contribution in [0.4, 0.5) is 11.4 Å². The number of nitrogens with zero attached hydrogens (tertiary/aromatic N) is 1. The van der Waals surface area contributed by atoms with Crippen molar-refractivity contribution in [2.75, 3.05) is 17.2 Å². The van der Waals surface area contributed by atoms with Gasteiger partial charge in [-0.15, -0.1) is 0 Å². The summed E-state index contributed by atoms with van der Waals surface area (Å²) in [4.78, 5) is 16.4. The standard InChI is InChI=1S/C15H16BrN3O/c1-3-18-12-7-8-17-9-11(12)15(20)19-13-6-4-5-10(2)14(13)16/h4-9H,3H2,1-2H3,(H,17,18)(H,19,20). The molecule has 1 aromatic carbocycles. The molecule has 1 heterocycles. The second-order valence-corrected chi connectivity index (χ2v) is 5.14. The van der Waals surface area contributed by atoms with E-state index < -0.39 is 0 Å². The number of benzene rings is 1. The van der Waals surface area contributed by atoms with Crippen molar-refractivity contribution in [2.24, 2.45) is 0 Å². The topological polar surface area (TPSA) is 54.0 Å². The molecular weight excluding hydrogens is 318 g/mol. The fourth-order valence-electron chi connectivity index (χ4n) is 1.85. The Kier molecular flexibility index (Phi) is 4.74. The van der Waals surface area contributed by atoms with E-state index in [9.17, 15) is 4.79 Å². The minimum Gasteiger partial charge on any atom is -0.385 e. The number of pyridine rings is 1. The van der Waals surface area contributed by atoms with Crippen LogP contribution in [0, 0.1) is 6.92 Å². The number of rotatable bonds is 4. The molecule has 2 rings (SSSR count). The number of carbonyl (C=O) groups excluding carboxylic acids is 1. The maximum absolute atomic E-state index is 12.4. The molecule has 0 bridgehead atoms. The van der Waals surface area contributed by atoms with Crippen molar-refractivity contribution in [3.05, 3.63) is 52.3 Å². The predicted octanol–water partition coefficient (Wildman–Crippen LogP) is 3.84. The number of hydrogen-bond donors (Lipinski definition) is 2. The molecule has 5 heteroatoms. The number of aryl methyl sites for hydroxylation is 1. The summed E-state index contributed by atoms with van der Waals surface area (Å²) in [6, 6.07) is 7.54. The number of anilines is 2. The van der Waals surface area contributed by atoms with Gasteiger partial charge in [0.1, 0.15) is 0 Å². The van der Waals surface area contributed by atoms with E-state index >= 15 is 0 Å². The van der Waals surface area contributed by atoms with E-state index in [1.54, 1.807) is 18.5 Å². The van der Waals surface area contributed by atoms with Crippen molar-refractivity contribution >= 4 is 33.2 Å². The van der Waals surface area contributed by atoms with E-state index in [0.29, 0.717) is 5.56 Å². The number of nitrogens with one attached hydrogen (secondary N) is 2. The van der Waals surface area contributed by atoms with Crippen LogP contribution in [0.15, 0.2) is 41.1 Å². The van der Waals surface area contributed by atoms with E-state index in [1.165, 1.54) is 0 Å². The molecule has 0 aliphatic rings. The molecule has 2 N–H and O–H groups in total. The highest BCUT2D eigenvalue weighted by Crippen LogP contribution is 2.26. The lowest BCUT2D eigenvalue weighted by Crippen LogP contribution is -2.15. The molecule has 0 fully saturated rings. The molecule has 0 unspecified atom stereocenters. The third kappa shape index (κ3) is 3.17. The highest BCUT2D eigenvalue weighted by atomic mass is 79.9. The van der Waals surface area contributed by atoms with E-state index in [1.807, 2.05) is 32.0 Å². The zero-order valence-electron chi connectivity index (χ0n) is 11.4. The fourth-order valence-corrected chi connectivity index (χ4v) is 2.22. The Morgan fingerprint density at radius 2 is 2.10 bits per heavy atom. The van der Waals surface area contributed by atoms with Gasteiger partial charge in [-0.3, -0.25) is 9.78 Å². The lowest BCUT2D eigenvalue weighted by atomic mass is 10.2. The largest absolute Gasteiger partial charge is 0.385 e. The van der Waals surface area contributed by atoms with Gasteiger partial charge in [0.25, 0.3) is 5.91 Å². The molecule has 1 aromatic heterocycles. The molecule has 0 saturated heterocycles. The van der Waals surface area contributed by atoms with Gasteiger partial charge in [0.05, 0.1) is 16.9 Å². The number of aromatic nitrogens is 1. The van der Waals surface area contributed by atoms with Crippen LogP contribution >= 0.6 is 15.9 Å². The first-order chi connectivity index (χ1) is 9.63. The summed E-state index contributed by atoms with van der Waals surface area (Å²) in [7, 11) is 0. The first-order valence-electron chi connectivity index (χ1n) is 6.37. The van der Waals surface area contributed by atoms with Crippen molar-refractivity contribution < 1.29 is 4.79 Å². The van der Waals surface area contributed by atoms with Crippen LogP contribution in [0.3, 0.4) is 0 Å². The van der Waals surface area contributed by atoms with E-state index in [0.717, 1.165) is 28.0 Å². The van der Waals surface area contributed by atoms with Crippen molar-refractivity contribution in [3.63, 3.8) is 0 Å². The van der Waals surface area contributed by atoms with Gasteiger partial charge in [0, 0.05) is 23.4 Å². The summed E-state index contributed by atoms with van der Waals surface area (Å²) in [5, 5.41) is 6.06. The molecule has 20 heavy (non-hydrogen) atoms. The molecule has 0 aliphatic carbocycles. The van der Waals surface area contributed by atoms with E-state index in [4.69, 9.17) is 0 Å². The Morgan fingerprint density at radius 3 is 2.85 bits per heavy atom. The Morgan fingerprint density at radius 1 is 1.30 bits per heavy atom. The van der Waals surface area contributed by atoms with Gasteiger partial charge in [-0.05, 0) is 47.5 Å². The molecule has 1 amide bonds. The second kappa shape index (κ2) is 6.52. The summed E-state index contributed by atoms with van der Waals surface area (Å²) in [5.74, 6) is -0.180. The second-order valence-electron chi connectivity index (χ2n) is 4.34. The first kappa shape index (κ1) is 14.5. The normalized spacial score (nSPS) is 10.2. The third-order valence-electron chi connectivity index (χ3n) is 2.87. The summed E-state index contributed by atoms with van der Waals surface area (Å²) in [6.45, 7) is 4.71. The monoisotopic (exact) mass is 333 g/mol. The van der Waals surface area contributed by atoms with Crippen LogP contribution in [-0.4, -0.2) is 17.4 Å². The van der Waals surface area contributed by atoms with Crippen LogP contribution in [0.1, 0.15) is 22.8 Å². The van der Waals surface area contributed by atoms with E-state index in [-0.39, 0.29) is 5.91 Å². The molecule has 2 aromatic rings. The maximum atomic E-state index is 12.4. The zero-order valence-corrected chi connectivity index (χ0v) is 13.0. The van der Waals surface area contributed by atoms with Crippen LogP contribution in [0.25, 0.3) is 0 Å². The SMILES string of the molecule is CCNc1ccncc1C(=O)Nc1cccc(C)c1Br. The number of carbonyl (C=O) groups is 1. The van der Waals surface area contributed by atoms with Gasteiger partial charge in [0.15, 0.2) is 0 Å². The van der Waals surface area contributed by atoms with Gasteiger partial charge in [-0.2, -0.15) is 0 Å². The van der Waals surface area contributed by atoms with Crippen LogP contribution in [0.5, 0.6) is 0 Å².